The van der Waals surface area contributed by atoms with E-state index in [0.717, 1.165) is 24.6 Å². The first-order valence-corrected chi connectivity index (χ1v) is 9.36. The van der Waals surface area contributed by atoms with E-state index in [1.807, 2.05) is 18.3 Å². The number of aliphatic imine (C=N–C) groups is 1. The van der Waals surface area contributed by atoms with E-state index >= 15 is 0 Å². The van der Waals surface area contributed by atoms with Gasteiger partial charge in [0.2, 0.25) is 0 Å². The van der Waals surface area contributed by atoms with Gasteiger partial charge in [-0.15, -0.1) is 0 Å². The van der Waals surface area contributed by atoms with E-state index in [-0.39, 0.29) is 11.6 Å². The minimum absolute atomic E-state index is 0.0329. The van der Waals surface area contributed by atoms with Crippen LogP contribution in [-0.2, 0) is 12.8 Å². The van der Waals surface area contributed by atoms with Crippen molar-refractivity contribution in [1.82, 2.24) is 0 Å². The van der Waals surface area contributed by atoms with Crippen LogP contribution < -0.4 is 4.74 Å². The predicted octanol–water partition coefficient (Wildman–Crippen LogP) is 6.94. The molecule has 0 atom stereocenters. The lowest BCUT2D eigenvalue weighted by Crippen LogP contribution is -2.07. The van der Waals surface area contributed by atoms with Gasteiger partial charge in [0.1, 0.15) is 12.4 Å². The van der Waals surface area contributed by atoms with Gasteiger partial charge in [-0.3, -0.25) is 4.99 Å². The van der Waals surface area contributed by atoms with Crippen LogP contribution >= 0.6 is 11.6 Å². The van der Waals surface area contributed by atoms with Crippen LogP contribution in [0.15, 0.2) is 47.5 Å². The molecule has 0 saturated carbocycles. The first-order valence-electron chi connectivity index (χ1n) is 8.98. The number of alkyl halides is 3. The number of unbranched alkanes of at least 4 members (excludes halogenated alkanes) is 3. The Bertz CT molecular complexity index is 742. The molecule has 0 aliphatic heterocycles. The zero-order valence-electron chi connectivity index (χ0n) is 15.2. The van der Waals surface area contributed by atoms with Gasteiger partial charge in [0, 0.05) is 12.8 Å². The third-order valence-corrected chi connectivity index (χ3v) is 4.33. The van der Waals surface area contributed by atoms with Crippen LogP contribution in [0, 0.1) is 0 Å². The predicted molar refractivity (Wildman–Crippen MR) is 104 cm³/mol. The van der Waals surface area contributed by atoms with E-state index in [1.54, 1.807) is 12.1 Å². The minimum Gasteiger partial charge on any atom is -0.489 e. The Morgan fingerprint density at radius 3 is 2.44 bits per heavy atom. The molecule has 0 aromatic heterocycles. The first kappa shape index (κ1) is 21.3. The number of rotatable bonds is 9. The molecule has 146 valence electrons. The normalized spacial score (nSPS) is 11.9. The molecule has 6 heteroatoms. The van der Waals surface area contributed by atoms with Crippen LogP contribution in [0.1, 0.15) is 49.3 Å². The molecule has 0 heterocycles. The minimum atomic E-state index is -4.48. The van der Waals surface area contributed by atoms with Crippen LogP contribution in [0.25, 0.3) is 0 Å². The van der Waals surface area contributed by atoms with Crippen molar-refractivity contribution < 1.29 is 17.9 Å². The maximum atomic E-state index is 12.9. The van der Waals surface area contributed by atoms with Gasteiger partial charge in [-0.05, 0) is 53.9 Å². The van der Waals surface area contributed by atoms with Crippen molar-refractivity contribution >= 4 is 17.8 Å². The highest BCUT2D eigenvalue weighted by Gasteiger charge is 2.33. The molecule has 0 amide bonds. The van der Waals surface area contributed by atoms with Gasteiger partial charge in [0.25, 0.3) is 0 Å². The Balaban J connectivity index is 1.87. The van der Waals surface area contributed by atoms with Crippen molar-refractivity contribution in [3.05, 3.63) is 64.2 Å². The SMILES string of the molecule is CCCCCCN=Cc1ccc(OCc2ccc(Cl)c(C(F)(F)F)c2)cc1. The Morgan fingerprint density at radius 1 is 1.04 bits per heavy atom. The lowest BCUT2D eigenvalue weighted by atomic mass is 10.1. The number of benzene rings is 2. The molecule has 2 aromatic carbocycles. The second kappa shape index (κ2) is 10.4. The van der Waals surface area contributed by atoms with Gasteiger partial charge < -0.3 is 4.74 Å². The fraction of sp³-hybridized carbons (Fsp3) is 0.381. The van der Waals surface area contributed by atoms with Gasteiger partial charge in [-0.2, -0.15) is 13.2 Å². The molecule has 0 spiro atoms. The Morgan fingerprint density at radius 2 is 1.78 bits per heavy atom. The molecule has 0 aliphatic carbocycles. The van der Waals surface area contributed by atoms with Crippen LogP contribution in [-0.4, -0.2) is 12.8 Å². The number of hydrogen-bond acceptors (Lipinski definition) is 2. The zero-order valence-corrected chi connectivity index (χ0v) is 16.0. The summed E-state index contributed by atoms with van der Waals surface area (Å²) in [4.78, 5) is 4.39. The molecule has 2 aromatic rings. The van der Waals surface area contributed by atoms with Gasteiger partial charge >= 0.3 is 6.18 Å². The summed E-state index contributed by atoms with van der Waals surface area (Å²) < 4.78 is 44.2. The van der Waals surface area contributed by atoms with E-state index in [4.69, 9.17) is 16.3 Å². The third-order valence-electron chi connectivity index (χ3n) is 4.00. The first-order chi connectivity index (χ1) is 12.9. The summed E-state index contributed by atoms with van der Waals surface area (Å²) in [5.41, 5.74) is 0.517. The highest BCUT2D eigenvalue weighted by atomic mass is 35.5. The second-order valence-corrected chi connectivity index (χ2v) is 6.67. The molecule has 0 bridgehead atoms. The number of hydrogen-bond donors (Lipinski definition) is 0. The molecule has 0 aliphatic rings. The van der Waals surface area contributed by atoms with Gasteiger partial charge in [0.15, 0.2) is 0 Å². The summed E-state index contributed by atoms with van der Waals surface area (Å²) in [5, 5.41) is -0.315. The summed E-state index contributed by atoms with van der Waals surface area (Å²) in [5.74, 6) is 0.582. The summed E-state index contributed by atoms with van der Waals surface area (Å²) in [7, 11) is 0. The summed E-state index contributed by atoms with van der Waals surface area (Å²) in [6.45, 7) is 3.02. The van der Waals surface area contributed by atoms with Gasteiger partial charge in [-0.25, -0.2) is 0 Å². The lowest BCUT2D eigenvalue weighted by Gasteiger charge is -2.12. The average Bonchev–Trinajstić information content (AvgIpc) is 2.64. The van der Waals surface area contributed by atoms with Crippen molar-refractivity contribution in [2.75, 3.05) is 6.54 Å². The van der Waals surface area contributed by atoms with Crippen LogP contribution in [0.2, 0.25) is 5.02 Å². The van der Waals surface area contributed by atoms with E-state index in [9.17, 15) is 13.2 Å². The van der Waals surface area contributed by atoms with Crippen molar-refractivity contribution in [3.63, 3.8) is 0 Å². The number of ether oxygens (including phenoxy) is 1. The van der Waals surface area contributed by atoms with Crippen LogP contribution in [0.3, 0.4) is 0 Å². The largest absolute Gasteiger partial charge is 0.489 e. The molecular formula is C21H23ClF3NO. The van der Waals surface area contributed by atoms with E-state index in [1.165, 1.54) is 31.4 Å². The highest BCUT2D eigenvalue weighted by Crippen LogP contribution is 2.35. The second-order valence-electron chi connectivity index (χ2n) is 6.27. The third kappa shape index (κ3) is 7.25. The summed E-state index contributed by atoms with van der Waals surface area (Å²) in [6.07, 6.45) is 2.07. The molecule has 0 unspecified atom stereocenters. The van der Waals surface area contributed by atoms with E-state index in [2.05, 4.69) is 11.9 Å². The molecule has 0 fully saturated rings. The topological polar surface area (TPSA) is 21.6 Å². The van der Waals surface area contributed by atoms with Crippen molar-refractivity contribution in [2.24, 2.45) is 4.99 Å². The Labute approximate surface area is 163 Å². The summed E-state index contributed by atoms with van der Waals surface area (Å²) in [6, 6.07) is 11.1. The standard InChI is InChI=1S/C21H23ClF3NO/c1-2-3-4-5-12-26-14-16-6-9-18(10-7-16)27-15-17-8-11-20(22)19(13-17)21(23,24)25/h6-11,13-14H,2-5,12,15H2,1H3. The highest BCUT2D eigenvalue weighted by molar-refractivity contribution is 6.31. The quantitative estimate of drug-likeness (QED) is 0.332. The zero-order chi connectivity index (χ0) is 19.7. The maximum Gasteiger partial charge on any atom is 0.417 e. The van der Waals surface area contributed by atoms with E-state index in [0.29, 0.717) is 11.3 Å². The summed E-state index contributed by atoms with van der Waals surface area (Å²) >= 11 is 5.62. The number of nitrogens with zero attached hydrogens (tertiary/aromatic N) is 1. The molecule has 0 saturated heterocycles. The van der Waals surface area contributed by atoms with Crippen LogP contribution in [0.4, 0.5) is 13.2 Å². The Kier molecular flexibility index (Phi) is 8.17. The smallest absolute Gasteiger partial charge is 0.417 e. The molecular weight excluding hydrogens is 375 g/mol. The van der Waals surface area contributed by atoms with Crippen LogP contribution in [0.5, 0.6) is 5.75 Å². The van der Waals surface area contributed by atoms with Crippen molar-refractivity contribution in [2.45, 2.75) is 45.4 Å². The molecule has 2 rings (SSSR count). The molecule has 27 heavy (non-hydrogen) atoms. The van der Waals surface area contributed by atoms with Gasteiger partial charge in [-0.1, -0.05) is 43.9 Å². The van der Waals surface area contributed by atoms with Gasteiger partial charge in [0.05, 0.1) is 10.6 Å². The average molecular weight is 398 g/mol. The maximum absolute atomic E-state index is 12.9. The fourth-order valence-electron chi connectivity index (χ4n) is 2.50. The fourth-order valence-corrected chi connectivity index (χ4v) is 2.72. The van der Waals surface area contributed by atoms with Crippen molar-refractivity contribution in [3.8, 4) is 5.75 Å². The van der Waals surface area contributed by atoms with Crippen molar-refractivity contribution in [1.29, 1.82) is 0 Å². The number of halogens is 4. The molecule has 2 nitrogen and oxygen atoms in total. The Hall–Kier alpha value is -2.01. The lowest BCUT2D eigenvalue weighted by molar-refractivity contribution is -0.137. The monoisotopic (exact) mass is 397 g/mol. The van der Waals surface area contributed by atoms with E-state index < -0.39 is 11.7 Å². The molecule has 0 radical (unpaired) electrons. The molecule has 0 N–H and O–H groups in total.